The molecule has 4 atom stereocenters. The van der Waals surface area contributed by atoms with Gasteiger partial charge in [0, 0.05) is 12.6 Å². The molecule has 3 rings (SSSR count). The Morgan fingerprint density at radius 2 is 1.90 bits per heavy atom. The molecule has 0 amide bonds. The molecule has 0 radical (unpaired) electrons. The lowest BCUT2D eigenvalue weighted by atomic mass is 9.85. The molecule has 1 N–H and O–H groups in total. The Hall–Kier alpha value is -0.120. The van der Waals surface area contributed by atoms with Crippen molar-refractivity contribution < 1.29 is 9.47 Å². The first-order valence-electron chi connectivity index (χ1n) is 8.84. The zero-order valence-corrected chi connectivity index (χ0v) is 13.0. The van der Waals surface area contributed by atoms with Crippen molar-refractivity contribution in [1.82, 2.24) is 5.32 Å². The highest BCUT2D eigenvalue weighted by Crippen LogP contribution is 2.29. The molecule has 3 nitrogen and oxygen atoms in total. The van der Waals surface area contributed by atoms with E-state index in [1.165, 1.54) is 57.8 Å². The fourth-order valence-electron chi connectivity index (χ4n) is 3.65. The highest BCUT2D eigenvalue weighted by molar-refractivity contribution is 4.84. The first-order valence-corrected chi connectivity index (χ1v) is 8.84. The Kier molecular flexibility index (Phi) is 5.36. The van der Waals surface area contributed by atoms with Crippen LogP contribution in [0.2, 0.25) is 0 Å². The standard InChI is InChI=1S/C17H31NO2/c1-2-13-4-3-5-15(10-13)19-12-17-9-8-16(20-17)11-18-14-6-7-14/h13-18H,2-12H2,1H3. The molecular formula is C17H31NO2. The van der Waals surface area contributed by atoms with Crippen molar-refractivity contribution in [2.45, 2.75) is 89.1 Å². The van der Waals surface area contributed by atoms with Crippen molar-refractivity contribution in [2.75, 3.05) is 13.2 Å². The zero-order chi connectivity index (χ0) is 13.8. The molecule has 0 aromatic heterocycles. The molecule has 0 aromatic rings. The van der Waals surface area contributed by atoms with Gasteiger partial charge in [-0.2, -0.15) is 0 Å². The summed E-state index contributed by atoms with van der Waals surface area (Å²) in [6, 6.07) is 0.794. The average molecular weight is 281 g/mol. The maximum absolute atomic E-state index is 6.14. The summed E-state index contributed by atoms with van der Waals surface area (Å²) in [7, 11) is 0. The third-order valence-corrected chi connectivity index (χ3v) is 5.24. The summed E-state index contributed by atoms with van der Waals surface area (Å²) in [6.07, 6.45) is 13.0. The van der Waals surface area contributed by atoms with Gasteiger partial charge in [-0.25, -0.2) is 0 Å². The van der Waals surface area contributed by atoms with Gasteiger partial charge < -0.3 is 14.8 Å². The van der Waals surface area contributed by atoms with Crippen LogP contribution in [-0.4, -0.2) is 37.5 Å². The summed E-state index contributed by atoms with van der Waals surface area (Å²) in [5.74, 6) is 0.897. The van der Waals surface area contributed by atoms with Gasteiger partial charge in [-0.3, -0.25) is 0 Å². The van der Waals surface area contributed by atoms with Crippen molar-refractivity contribution in [1.29, 1.82) is 0 Å². The lowest BCUT2D eigenvalue weighted by Gasteiger charge is -2.29. The van der Waals surface area contributed by atoms with E-state index in [4.69, 9.17) is 9.47 Å². The number of ether oxygens (including phenoxy) is 2. The van der Waals surface area contributed by atoms with Crippen LogP contribution in [0.1, 0.15) is 64.7 Å². The van der Waals surface area contributed by atoms with E-state index in [0.29, 0.717) is 18.3 Å². The third-order valence-electron chi connectivity index (χ3n) is 5.24. The van der Waals surface area contributed by atoms with Crippen LogP contribution >= 0.6 is 0 Å². The Bertz CT molecular complexity index is 293. The first-order chi connectivity index (χ1) is 9.83. The number of hydrogen-bond acceptors (Lipinski definition) is 3. The van der Waals surface area contributed by atoms with Crippen molar-refractivity contribution in [2.24, 2.45) is 5.92 Å². The molecule has 2 aliphatic carbocycles. The topological polar surface area (TPSA) is 30.5 Å². The Labute approximate surface area is 123 Å². The van der Waals surface area contributed by atoms with Gasteiger partial charge in [0.15, 0.2) is 0 Å². The van der Waals surface area contributed by atoms with Crippen LogP contribution in [0.3, 0.4) is 0 Å². The van der Waals surface area contributed by atoms with E-state index in [-0.39, 0.29) is 0 Å². The second kappa shape index (κ2) is 7.24. The molecule has 20 heavy (non-hydrogen) atoms. The van der Waals surface area contributed by atoms with Gasteiger partial charge in [0.05, 0.1) is 24.9 Å². The molecule has 3 fully saturated rings. The molecular weight excluding hydrogens is 250 g/mol. The number of rotatable bonds is 7. The van der Waals surface area contributed by atoms with Gasteiger partial charge >= 0.3 is 0 Å². The lowest BCUT2D eigenvalue weighted by molar-refractivity contribution is -0.0559. The van der Waals surface area contributed by atoms with Crippen molar-refractivity contribution in [3.8, 4) is 0 Å². The van der Waals surface area contributed by atoms with Gasteiger partial charge in [-0.1, -0.05) is 26.2 Å². The van der Waals surface area contributed by atoms with Gasteiger partial charge in [-0.05, 0) is 44.4 Å². The summed E-state index contributed by atoms with van der Waals surface area (Å²) in [6.45, 7) is 4.17. The van der Waals surface area contributed by atoms with E-state index in [1.54, 1.807) is 0 Å². The van der Waals surface area contributed by atoms with Gasteiger partial charge in [0.1, 0.15) is 0 Å². The molecule has 2 saturated carbocycles. The van der Waals surface area contributed by atoms with Crippen LogP contribution in [-0.2, 0) is 9.47 Å². The van der Waals surface area contributed by atoms with Crippen LogP contribution in [0.4, 0.5) is 0 Å². The first kappa shape index (κ1) is 14.8. The van der Waals surface area contributed by atoms with Crippen LogP contribution < -0.4 is 5.32 Å². The fourth-order valence-corrected chi connectivity index (χ4v) is 3.65. The summed E-state index contributed by atoms with van der Waals surface area (Å²) in [5.41, 5.74) is 0. The Morgan fingerprint density at radius 1 is 1.05 bits per heavy atom. The van der Waals surface area contributed by atoms with Crippen LogP contribution in [0.25, 0.3) is 0 Å². The molecule has 116 valence electrons. The predicted molar refractivity (Wildman–Crippen MR) is 80.9 cm³/mol. The predicted octanol–water partition coefficient (Wildman–Crippen LogP) is 3.27. The zero-order valence-electron chi connectivity index (χ0n) is 13.0. The normalized spacial score (nSPS) is 38.2. The third kappa shape index (κ3) is 4.44. The minimum absolute atomic E-state index is 0.350. The molecule has 3 aliphatic rings. The molecule has 0 bridgehead atoms. The Balaban J connectivity index is 1.30. The van der Waals surface area contributed by atoms with Crippen molar-refractivity contribution >= 4 is 0 Å². The summed E-state index contributed by atoms with van der Waals surface area (Å²) >= 11 is 0. The van der Waals surface area contributed by atoms with Crippen molar-refractivity contribution in [3.05, 3.63) is 0 Å². The maximum atomic E-state index is 6.14. The second-order valence-electron chi connectivity index (χ2n) is 7.04. The van der Waals surface area contributed by atoms with Crippen LogP contribution in [0.15, 0.2) is 0 Å². The molecule has 3 heteroatoms. The monoisotopic (exact) mass is 281 g/mol. The molecule has 1 aliphatic heterocycles. The van der Waals surface area contributed by atoms with E-state index in [2.05, 4.69) is 12.2 Å². The average Bonchev–Trinajstić information content (AvgIpc) is 3.21. The van der Waals surface area contributed by atoms with Gasteiger partial charge in [0.25, 0.3) is 0 Å². The smallest absolute Gasteiger partial charge is 0.0814 e. The lowest BCUT2D eigenvalue weighted by Crippen LogP contribution is -2.30. The second-order valence-corrected chi connectivity index (χ2v) is 7.04. The summed E-state index contributed by atoms with van der Waals surface area (Å²) in [5, 5.41) is 3.57. The number of hydrogen-bond donors (Lipinski definition) is 1. The van der Waals surface area contributed by atoms with Crippen molar-refractivity contribution in [3.63, 3.8) is 0 Å². The van der Waals surface area contributed by atoms with E-state index in [0.717, 1.165) is 25.1 Å². The van der Waals surface area contributed by atoms with E-state index < -0.39 is 0 Å². The van der Waals surface area contributed by atoms with Crippen LogP contribution in [0.5, 0.6) is 0 Å². The Morgan fingerprint density at radius 3 is 2.70 bits per heavy atom. The van der Waals surface area contributed by atoms with E-state index in [1.807, 2.05) is 0 Å². The number of nitrogens with one attached hydrogen (secondary N) is 1. The highest BCUT2D eigenvalue weighted by Gasteiger charge is 2.29. The SMILES string of the molecule is CCC1CCCC(OCC2CCC(CNC3CC3)O2)C1. The molecule has 1 saturated heterocycles. The highest BCUT2D eigenvalue weighted by atomic mass is 16.5. The largest absolute Gasteiger partial charge is 0.376 e. The van der Waals surface area contributed by atoms with Gasteiger partial charge in [-0.15, -0.1) is 0 Å². The molecule has 4 unspecified atom stereocenters. The summed E-state index contributed by atoms with van der Waals surface area (Å²) in [4.78, 5) is 0. The maximum Gasteiger partial charge on any atom is 0.0814 e. The van der Waals surface area contributed by atoms with Gasteiger partial charge in [0.2, 0.25) is 0 Å². The van der Waals surface area contributed by atoms with E-state index >= 15 is 0 Å². The fraction of sp³-hybridized carbons (Fsp3) is 1.00. The summed E-state index contributed by atoms with van der Waals surface area (Å²) < 4.78 is 12.2. The molecule has 1 heterocycles. The molecule has 0 aromatic carbocycles. The molecule has 0 spiro atoms. The van der Waals surface area contributed by atoms with Crippen LogP contribution in [0, 0.1) is 5.92 Å². The quantitative estimate of drug-likeness (QED) is 0.777. The minimum atomic E-state index is 0.350. The minimum Gasteiger partial charge on any atom is -0.376 e. The van der Waals surface area contributed by atoms with E-state index in [9.17, 15) is 0 Å².